The van der Waals surface area contributed by atoms with E-state index >= 15 is 0 Å². The number of nitrogens with zero attached hydrogens (tertiary/aromatic N) is 3. The van der Waals surface area contributed by atoms with Crippen molar-refractivity contribution in [1.29, 1.82) is 5.26 Å². The second kappa shape index (κ2) is 4.36. The first-order chi connectivity index (χ1) is 8.09. The van der Waals surface area contributed by atoms with Gasteiger partial charge in [-0.15, -0.1) is 0 Å². The smallest absolute Gasteiger partial charge is 0.243 e. The number of hydrogen-bond acceptors (Lipinski definition) is 3. The molecule has 0 bridgehead atoms. The molecule has 1 aliphatic heterocycles. The van der Waals surface area contributed by atoms with Gasteiger partial charge in [0.05, 0.1) is 12.6 Å². The summed E-state index contributed by atoms with van der Waals surface area (Å²) in [7, 11) is 1.75. The maximum absolute atomic E-state index is 12.3. The summed E-state index contributed by atoms with van der Waals surface area (Å²) >= 11 is 0. The van der Waals surface area contributed by atoms with Crippen molar-refractivity contribution >= 4 is 11.8 Å². The van der Waals surface area contributed by atoms with Gasteiger partial charge < -0.3 is 9.80 Å². The Morgan fingerprint density at radius 3 is 2.59 bits per heavy atom. The summed E-state index contributed by atoms with van der Waals surface area (Å²) in [4.78, 5) is 27.2. The molecule has 1 saturated carbocycles. The van der Waals surface area contributed by atoms with Crippen molar-refractivity contribution in [1.82, 2.24) is 9.80 Å². The Morgan fingerprint density at radius 1 is 1.35 bits per heavy atom. The fourth-order valence-electron chi connectivity index (χ4n) is 2.37. The predicted octanol–water partition coefficient (Wildman–Crippen LogP) is 0.371. The summed E-state index contributed by atoms with van der Waals surface area (Å²) in [6, 6.07) is 2.14. The second-order valence-corrected chi connectivity index (χ2v) is 4.94. The monoisotopic (exact) mass is 235 g/mol. The first-order valence-electron chi connectivity index (χ1n) is 6.04. The molecule has 0 aromatic carbocycles. The lowest BCUT2D eigenvalue weighted by Gasteiger charge is -2.37. The zero-order chi connectivity index (χ0) is 12.5. The van der Waals surface area contributed by atoms with Crippen molar-refractivity contribution in [2.24, 2.45) is 5.41 Å². The molecule has 0 aromatic heterocycles. The Morgan fingerprint density at radius 2 is 2.06 bits per heavy atom. The van der Waals surface area contributed by atoms with Gasteiger partial charge in [0.2, 0.25) is 11.8 Å². The van der Waals surface area contributed by atoms with Crippen molar-refractivity contribution in [3.8, 4) is 6.07 Å². The molecule has 92 valence electrons. The minimum Gasteiger partial charge on any atom is -0.344 e. The molecular formula is C12H17N3O2. The van der Waals surface area contributed by atoms with Crippen LogP contribution in [0.2, 0.25) is 0 Å². The molecule has 0 spiro atoms. The van der Waals surface area contributed by atoms with Crippen LogP contribution in [-0.2, 0) is 9.59 Å². The van der Waals surface area contributed by atoms with Gasteiger partial charge in [-0.2, -0.15) is 5.26 Å². The van der Waals surface area contributed by atoms with Crippen molar-refractivity contribution in [2.45, 2.75) is 25.7 Å². The third kappa shape index (κ3) is 1.99. The van der Waals surface area contributed by atoms with Crippen LogP contribution in [0.15, 0.2) is 0 Å². The van der Waals surface area contributed by atoms with Gasteiger partial charge in [-0.3, -0.25) is 9.59 Å². The molecule has 1 aliphatic carbocycles. The Kier molecular flexibility index (Phi) is 3.05. The summed E-state index contributed by atoms with van der Waals surface area (Å²) in [5.74, 6) is -0.182. The molecule has 0 unspecified atom stereocenters. The topological polar surface area (TPSA) is 64.4 Å². The molecule has 0 radical (unpaired) electrons. The number of rotatable bonds is 1. The van der Waals surface area contributed by atoms with E-state index < -0.39 is 5.41 Å². The first kappa shape index (κ1) is 11.9. The number of hydrogen-bond donors (Lipinski definition) is 0. The van der Waals surface area contributed by atoms with E-state index in [0.717, 1.165) is 12.8 Å². The normalized spacial score (nSPS) is 23.6. The molecule has 5 nitrogen and oxygen atoms in total. The standard InChI is InChI=1S/C12H17N3O2/c1-14-6-3-7-15(8-10(14)16)11(17)12(9-13)4-2-5-12/h2-8H2,1H3. The third-order valence-electron chi connectivity index (χ3n) is 3.79. The van der Waals surface area contributed by atoms with Crippen LogP contribution in [0.4, 0.5) is 0 Å². The lowest BCUT2D eigenvalue weighted by molar-refractivity contribution is -0.146. The summed E-state index contributed by atoms with van der Waals surface area (Å²) in [5.41, 5.74) is -0.830. The van der Waals surface area contributed by atoms with Crippen LogP contribution in [0.25, 0.3) is 0 Å². The van der Waals surface area contributed by atoms with E-state index in [1.165, 1.54) is 0 Å². The molecule has 0 aromatic rings. The zero-order valence-corrected chi connectivity index (χ0v) is 10.1. The zero-order valence-electron chi connectivity index (χ0n) is 10.1. The van der Waals surface area contributed by atoms with Gasteiger partial charge in [-0.1, -0.05) is 0 Å². The third-order valence-corrected chi connectivity index (χ3v) is 3.79. The van der Waals surface area contributed by atoms with Gasteiger partial charge in [-0.25, -0.2) is 0 Å². The van der Waals surface area contributed by atoms with Crippen LogP contribution in [-0.4, -0.2) is 48.3 Å². The Balaban J connectivity index is 2.09. The van der Waals surface area contributed by atoms with Crippen molar-refractivity contribution in [3.05, 3.63) is 0 Å². The van der Waals surface area contributed by atoms with Crippen LogP contribution in [0.3, 0.4) is 0 Å². The summed E-state index contributed by atoms with van der Waals surface area (Å²) in [6.07, 6.45) is 3.00. The number of likely N-dealkylation sites (N-methyl/N-ethyl adjacent to an activating group) is 1. The summed E-state index contributed by atoms with van der Waals surface area (Å²) < 4.78 is 0. The van der Waals surface area contributed by atoms with Crippen molar-refractivity contribution in [2.75, 3.05) is 26.7 Å². The largest absolute Gasteiger partial charge is 0.344 e. The molecule has 1 heterocycles. The van der Waals surface area contributed by atoms with Gasteiger partial charge in [0.1, 0.15) is 5.41 Å². The second-order valence-electron chi connectivity index (χ2n) is 4.94. The van der Waals surface area contributed by atoms with E-state index in [1.807, 2.05) is 0 Å². The summed E-state index contributed by atoms with van der Waals surface area (Å²) in [5, 5.41) is 9.13. The van der Waals surface area contributed by atoms with Gasteiger partial charge >= 0.3 is 0 Å². The van der Waals surface area contributed by atoms with Crippen LogP contribution < -0.4 is 0 Å². The van der Waals surface area contributed by atoms with Gasteiger partial charge in [0.25, 0.3) is 0 Å². The quantitative estimate of drug-likeness (QED) is 0.659. The Labute approximate surface area is 101 Å². The van der Waals surface area contributed by atoms with Crippen molar-refractivity contribution < 1.29 is 9.59 Å². The van der Waals surface area contributed by atoms with Crippen molar-refractivity contribution in [3.63, 3.8) is 0 Å². The first-order valence-corrected chi connectivity index (χ1v) is 6.04. The maximum Gasteiger partial charge on any atom is 0.243 e. The Hall–Kier alpha value is -1.57. The highest BCUT2D eigenvalue weighted by atomic mass is 16.2. The molecule has 1 saturated heterocycles. The fourth-order valence-corrected chi connectivity index (χ4v) is 2.37. The average Bonchev–Trinajstić information content (AvgIpc) is 2.41. The lowest BCUT2D eigenvalue weighted by Crippen LogP contribution is -2.49. The highest BCUT2D eigenvalue weighted by Gasteiger charge is 2.47. The molecule has 2 amide bonds. The number of amides is 2. The van der Waals surface area contributed by atoms with E-state index in [0.29, 0.717) is 25.9 Å². The summed E-state index contributed by atoms with van der Waals surface area (Å²) in [6.45, 7) is 1.39. The fraction of sp³-hybridized carbons (Fsp3) is 0.750. The van der Waals surface area contributed by atoms with E-state index in [9.17, 15) is 9.59 Å². The minimum absolute atomic E-state index is 0.0386. The highest BCUT2D eigenvalue weighted by Crippen LogP contribution is 2.41. The predicted molar refractivity (Wildman–Crippen MR) is 60.7 cm³/mol. The van der Waals surface area contributed by atoms with Crippen LogP contribution >= 0.6 is 0 Å². The molecule has 0 atom stereocenters. The van der Waals surface area contributed by atoms with E-state index in [1.54, 1.807) is 16.8 Å². The minimum atomic E-state index is -0.830. The number of carbonyl (C=O) groups is 2. The van der Waals surface area contributed by atoms with E-state index in [2.05, 4.69) is 6.07 Å². The number of carbonyl (C=O) groups excluding carboxylic acids is 2. The Bertz CT molecular complexity index is 382. The molecule has 2 fully saturated rings. The molecule has 2 rings (SSSR count). The van der Waals surface area contributed by atoms with Gasteiger partial charge in [0.15, 0.2) is 0 Å². The van der Waals surface area contributed by atoms with Gasteiger partial charge in [-0.05, 0) is 25.7 Å². The molecule has 5 heteroatoms. The van der Waals surface area contributed by atoms with Crippen LogP contribution in [0, 0.1) is 16.7 Å². The average molecular weight is 235 g/mol. The van der Waals surface area contributed by atoms with Crippen LogP contribution in [0.1, 0.15) is 25.7 Å². The maximum atomic E-state index is 12.3. The molecule has 17 heavy (non-hydrogen) atoms. The molecule has 2 aliphatic rings. The lowest BCUT2D eigenvalue weighted by atomic mass is 9.69. The van der Waals surface area contributed by atoms with E-state index in [-0.39, 0.29) is 18.4 Å². The van der Waals surface area contributed by atoms with Gasteiger partial charge in [0, 0.05) is 20.1 Å². The van der Waals surface area contributed by atoms with Crippen LogP contribution in [0.5, 0.6) is 0 Å². The SMILES string of the molecule is CN1CCCN(C(=O)C2(C#N)CCC2)CC1=O. The van der Waals surface area contributed by atoms with E-state index in [4.69, 9.17) is 5.26 Å². The molecule has 0 N–H and O–H groups in total. The number of nitriles is 1. The molecular weight excluding hydrogens is 218 g/mol. The highest BCUT2D eigenvalue weighted by molar-refractivity contribution is 5.90.